The largest absolute Gasteiger partial charge is 0.432 e. The predicted molar refractivity (Wildman–Crippen MR) is 57.9 cm³/mol. The Hall–Kier alpha value is -1.18. The van der Waals surface area contributed by atoms with Crippen LogP contribution in [-0.4, -0.2) is 32.7 Å². The Morgan fingerprint density at radius 2 is 1.73 bits per heavy atom. The predicted octanol–water partition coefficient (Wildman–Crippen LogP) is -0.471. The molecule has 0 saturated carbocycles. The lowest BCUT2D eigenvalue weighted by Gasteiger charge is -1.93. The number of hydrogen-bond acceptors (Lipinski definition) is 5. The standard InChI is InChI=1S/C8H9NO2S.BH3O2/c10-12(11)9-7-6-8-4-2-1-3-5-8;2-1-3/h1-5H,6-7H2;1-3H. The van der Waals surface area contributed by atoms with Gasteiger partial charge in [0.1, 0.15) is 0 Å². The first-order chi connectivity index (χ1) is 7.20. The van der Waals surface area contributed by atoms with Crippen molar-refractivity contribution in [1.29, 1.82) is 0 Å². The molecule has 15 heavy (non-hydrogen) atoms. The van der Waals surface area contributed by atoms with Crippen LogP contribution in [0.15, 0.2) is 34.7 Å². The average molecular weight is 229 g/mol. The van der Waals surface area contributed by atoms with Gasteiger partial charge in [-0.15, -0.1) is 0 Å². The molecule has 0 spiro atoms. The van der Waals surface area contributed by atoms with Gasteiger partial charge in [0, 0.05) is 0 Å². The minimum atomic E-state index is -2.26. The second kappa shape index (κ2) is 9.38. The van der Waals surface area contributed by atoms with Crippen LogP contribution in [0.2, 0.25) is 0 Å². The summed E-state index contributed by atoms with van der Waals surface area (Å²) in [4.78, 5) is 0. The lowest BCUT2D eigenvalue weighted by atomic mass is 10.2. The Bertz CT molecular complexity index is 371. The quantitative estimate of drug-likeness (QED) is 0.686. The number of hydrogen-bond donors (Lipinski definition) is 2. The van der Waals surface area contributed by atoms with Crippen molar-refractivity contribution in [1.82, 2.24) is 0 Å². The van der Waals surface area contributed by atoms with Gasteiger partial charge in [0.2, 0.25) is 0 Å². The SMILES string of the molecule is O=S(=O)=NCCc1ccccc1.OBO. The van der Waals surface area contributed by atoms with Crippen LogP contribution >= 0.6 is 0 Å². The minimum Gasteiger partial charge on any atom is -0.430 e. The fourth-order valence-electron chi connectivity index (χ4n) is 0.894. The van der Waals surface area contributed by atoms with Gasteiger partial charge in [-0.3, -0.25) is 0 Å². The second-order valence-corrected chi connectivity index (χ2v) is 3.14. The van der Waals surface area contributed by atoms with Gasteiger partial charge in [-0.25, -0.2) is 0 Å². The highest BCUT2D eigenvalue weighted by atomic mass is 32.2. The molecule has 0 amide bonds. The van der Waals surface area contributed by atoms with Crippen molar-refractivity contribution in [3.8, 4) is 0 Å². The summed E-state index contributed by atoms with van der Waals surface area (Å²) in [6, 6.07) is 9.66. The third-order valence-electron chi connectivity index (χ3n) is 1.44. The van der Waals surface area contributed by atoms with E-state index in [1.165, 1.54) is 0 Å². The van der Waals surface area contributed by atoms with Crippen molar-refractivity contribution in [2.45, 2.75) is 6.42 Å². The van der Waals surface area contributed by atoms with Gasteiger partial charge in [-0.1, -0.05) is 30.3 Å². The topological polar surface area (TPSA) is 87.0 Å². The fraction of sp³-hybridized carbons (Fsp3) is 0.250. The maximum atomic E-state index is 10.0. The molecule has 0 aliphatic heterocycles. The Morgan fingerprint density at radius 3 is 2.20 bits per heavy atom. The zero-order valence-corrected chi connectivity index (χ0v) is 8.89. The lowest BCUT2D eigenvalue weighted by Crippen LogP contribution is -1.87. The van der Waals surface area contributed by atoms with Crippen molar-refractivity contribution in [2.24, 2.45) is 4.36 Å². The van der Waals surface area contributed by atoms with Crippen LogP contribution in [0.4, 0.5) is 0 Å². The molecule has 7 heteroatoms. The van der Waals surface area contributed by atoms with Gasteiger partial charge < -0.3 is 10.0 Å². The first-order valence-electron chi connectivity index (χ1n) is 4.23. The molecule has 0 unspecified atom stereocenters. The molecule has 0 bridgehead atoms. The van der Waals surface area contributed by atoms with Gasteiger partial charge in [-0.05, 0) is 12.0 Å². The fourth-order valence-corrected chi connectivity index (χ4v) is 1.13. The smallest absolute Gasteiger partial charge is 0.430 e. The maximum Gasteiger partial charge on any atom is 0.432 e. The molecule has 2 N–H and O–H groups in total. The third-order valence-corrected chi connectivity index (χ3v) is 1.83. The van der Waals surface area contributed by atoms with E-state index >= 15 is 0 Å². The molecule has 0 atom stereocenters. The van der Waals surface area contributed by atoms with Crippen LogP contribution in [0.5, 0.6) is 0 Å². The zero-order chi connectivity index (χ0) is 11.5. The number of benzene rings is 1. The van der Waals surface area contributed by atoms with Crippen LogP contribution < -0.4 is 0 Å². The lowest BCUT2D eigenvalue weighted by molar-refractivity contribution is 0.448. The molecule has 0 radical (unpaired) electrons. The van der Waals surface area contributed by atoms with Crippen LogP contribution in [0.25, 0.3) is 0 Å². The van der Waals surface area contributed by atoms with E-state index in [-0.39, 0.29) is 0 Å². The Morgan fingerprint density at radius 1 is 1.20 bits per heavy atom. The molecule has 0 aromatic heterocycles. The maximum absolute atomic E-state index is 10.0. The van der Waals surface area contributed by atoms with E-state index < -0.39 is 18.2 Å². The summed E-state index contributed by atoms with van der Waals surface area (Å²) in [6.07, 6.45) is 0.675. The molecule has 5 nitrogen and oxygen atoms in total. The summed E-state index contributed by atoms with van der Waals surface area (Å²) >= 11 is 0. The van der Waals surface area contributed by atoms with Crippen molar-refractivity contribution in [3.63, 3.8) is 0 Å². The van der Waals surface area contributed by atoms with E-state index in [0.29, 0.717) is 13.0 Å². The molecule has 0 saturated heterocycles. The zero-order valence-electron chi connectivity index (χ0n) is 8.07. The van der Waals surface area contributed by atoms with Gasteiger partial charge in [-0.2, -0.15) is 12.8 Å². The highest BCUT2D eigenvalue weighted by molar-refractivity contribution is 7.61. The molecular weight excluding hydrogens is 217 g/mol. The first-order valence-corrected chi connectivity index (χ1v) is 5.26. The molecule has 82 valence electrons. The molecule has 1 aromatic carbocycles. The van der Waals surface area contributed by atoms with Crippen molar-refractivity contribution >= 4 is 18.2 Å². The van der Waals surface area contributed by atoms with Crippen LogP contribution in [0.1, 0.15) is 5.56 Å². The second-order valence-electron chi connectivity index (χ2n) is 2.45. The van der Waals surface area contributed by atoms with Crippen molar-refractivity contribution in [3.05, 3.63) is 35.9 Å². The van der Waals surface area contributed by atoms with E-state index in [1.807, 2.05) is 30.3 Å². The van der Waals surface area contributed by atoms with Crippen LogP contribution in [0.3, 0.4) is 0 Å². The van der Waals surface area contributed by atoms with Crippen molar-refractivity contribution in [2.75, 3.05) is 6.54 Å². The highest BCUT2D eigenvalue weighted by Crippen LogP contribution is 1.98. The van der Waals surface area contributed by atoms with Crippen LogP contribution in [-0.2, 0) is 16.9 Å². The Kier molecular flexibility index (Phi) is 8.65. The average Bonchev–Trinajstić information content (AvgIpc) is 2.20. The summed E-state index contributed by atoms with van der Waals surface area (Å²) in [5.74, 6) is 0. The van der Waals surface area contributed by atoms with E-state index in [1.54, 1.807) is 0 Å². The van der Waals surface area contributed by atoms with Gasteiger partial charge in [0.15, 0.2) is 0 Å². The van der Waals surface area contributed by atoms with E-state index in [4.69, 9.17) is 10.0 Å². The summed E-state index contributed by atoms with van der Waals surface area (Å²) < 4.78 is 23.4. The third kappa shape index (κ3) is 9.14. The van der Waals surface area contributed by atoms with Gasteiger partial charge in [0.25, 0.3) is 0 Å². The summed E-state index contributed by atoms with van der Waals surface area (Å²) in [6.45, 7) is 0.333. The van der Waals surface area contributed by atoms with Gasteiger partial charge in [0.05, 0.1) is 6.54 Å². The first kappa shape index (κ1) is 13.8. The molecular formula is C8H12BNO4S. The summed E-state index contributed by atoms with van der Waals surface area (Å²) in [7, 11) is -3.01. The highest BCUT2D eigenvalue weighted by Gasteiger charge is 1.88. The van der Waals surface area contributed by atoms with Crippen LogP contribution in [0, 0.1) is 0 Å². The van der Waals surface area contributed by atoms with Gasteiger partial charge >= 0.3 is 18.2 Å². The Balaban J connectivity index is 0.000000583. The summed E-state index contributed by atoms with van der Waals surface area (Å²) in [5, 5.41) is 14.2. The molecule has 0 aliphatic carbocycles. The monoisotopic (exact) mass is 229 g/mol. The molecule has 0 aliphatic rings. The molecule has 1 rings (SSSR count). The minimum absolute atomic E-state index is 0.333. The molecule has 0 fully saturated rings. The normalized spacial score (nSPS) is 8.40. The summed E-state index contributed by atoms with van der Waals surface area (Å²) in [5.41, 5.74) is 1.10. The number of nitrogens with zero attached hydrogens (tertiary/aromatic N) is 1. The number of rotatable bonds is 3. The Labute approximate surface area is 90.4 Å². The van der Waals surface area contributed by atoms with E-state index in [2.05, 4.69) is 4.36 Å². The molecule has 1 aromatic rings. The van der Waals surface area contributed by atoms with E-state index in [0.717, 1.165) is 5.56 Å². The van der Waals surface area contributed by atoms with E-state index in [9.17, 15) is 8.42 Å². The molecule has 0 heterocycles. The van der Waals surface area contributed by atoms with Crippen molar-refractivity contribution < 1.29 is 18.5 Å².